The number of hydrogen-bond donors (Lipinski definition) is 1. The van der Waals surface area contributed by atoms with E-state index < -0.39 is 0 Å². The van der Waals surface area contributed by atoms with E-state index in [1.807, 2.05) is 17.5 Å². The van der Waals surface area contributed by atoms with Gasteiger partial charge in [0, 0.05) is 31.1 Å². The van der Waals surface area contributed by atoms with Gasteiger partial charge in [-0.1, -0.05) is 6.07 Å². The average Bonchev–Trinajstić information content (AvgIpc) is 3.42. The lowest BCUT2D eigenvalue weighted by Gasteiger charge is -2.10. The van der Waals surface area contributed by atoms with Crippen LogP contribution in [0, 0.1) is 0 Å². The van der Waals surface area contributed by atoms with Crippen LogP contribution < -0.4 is 10.2 Å². The molecule has 1 aliphatic heterocycles. The van der Waals surface area contributed by atoms with Gasteiger partial charge in [-0.25, -0.2) is 19.6 Å². The molecule has 0 aromatic carbocycles. The van der Waals surface area contributed by atoms with Crippen LogP contribution in [-0.4, -0.2) is 43.1 Å². The summed E-state index contributed by atoms with van der Waals surface area (Å²) in [4.78, 5) is 38.2. The molecule has 0 bridgehead atoms. The van der Waals surface area contributed by atoms with Crippen LogP contribution in [0.5, 0.6) is 0 Å². The second-order valence-electron chi connectivity index (χ2n) is 6.09. The molecule has 9 nitrogen and oxygen atoms in total. The van der Waals surface area contributed by atoms with Gasteiger partial charge in [0.2, 0.25) is 11.8 Å². The van der Waals surface area contributed by atoms with Gasteiger partial charge in [0.05, 0.1) is 12.1 Å². The second kappa shape index (κ2) is 7.62. The van der Waals surface area contributed by atoms with Crippen LogP contribution in [0.25, 0.3) is 5.82 Å². The average molecular weight is 383 g/mol. The van der Waals surface area contributed by atoms with E-state index in [0.29, 0.717) is 36.2 Å². The van der Waals surface area contributed by atoms with Gasteiger partial charge in [0.15, 0.2) is 10.9 Å². The molecule has 4 heterocycles. The Morgan fingerprint density at radius 3 is 2.96 bits per heavy atom. The van der Waals surface area contributed by atoms with Crippen molar-refractivity contribution in [2.75, 3.05) is 11.4 Å². The first-order valence-corrected chi connectivity index (χ1v) is 9.38. The number of thiazole rings is 1. The SMILES string of the molecule is O=C(Cc1csc(N2CCCC2=O)n1)NCc1ccc(-n2cncn2)nc1. The molecule has 0 aliphatic carbocycles. The summed E-state index contributed by atoms with van der Waals surface area (Å²) < 4.78 is 1.56. The van der Waals surface area contributed by atoms with Gasteiger partial charge in [0.25, 0.3) is 0 Å². The molecule has 4 rings (SSSR count). The number of aromatic nitrogens is 5. The fourth-order valence-electron chi connectivity index (χ4n) is 2.76. The summed E-state index contributed by atoms with van der Waals surface area (Å²) >= 11 is 1.40. The van der Waals surface area contributed by atoms with Crippen molar-refractivity contribution < 1.29 is 9.59 Å². The molecule has 2 amide bonds. The summed E-state index contributed by atoms with van der Waals surface area (Å²) in [5.41, 5.74) is 1.56. The highest BCUT2D eigenvalue weighted by atomic mass is 32.1. The zero-order valence-electron chi connectivity index (χ0n) is 14.4. The molecule has 1 saturated heterocycles. The third kappa shape index (κ3) is 4.00. The minimum Gasteiger partial charge on any atom is -0.352 e. The zero-order valence-corrected chi connectivity index (χ0v) is 15.2. The van der Waals surface area contributed by atoms with E-state index in [-0.39, 0.29) is 18.2 Å². The number of pyridine rings is 1. The number of amides is 2. The maximum Gasteiger partial charge on any atom is 0.228 e. The van der Waals surface area contributed by atoms with E-state index in [9.17, 15) is 9.59 Å². The molecule has 10 heteroatoms. The summed E-state index contributed by atoms with van der Waals surface area (Å²) in [5.74, 6) is 0.635. The van der Waals surface area contributed by atoms with Crippen molar-refractivity contribution in [3.05, 3.63) is 47.6 Å². The van der Waals surface area contributed by atoms with Crippen molar-refractivity contribution in [2.24, 2.45) is 0 Å². The van der Waals surface area contributed by atoms with Crippen molar-refractivity contribution >= 4 is 28.3 Å². The molecule has 1 aliphatic rings. The van der Waals surface area contributed by atoms with Crippen LogP contribution in [0.3, 0.4) is 0 Å². The van der Waals surface area contributed by atoms with E-state index >= 15 is 0 Å². The number of hydrogen-bond acceptors (Lipinski definition) is 7. The van der Waals surface area contributed by atoms with Crippen LogP contribution in [-0.2, 0) is 22.6 Å². The first-order valence-electron chi connectivity index (χ1n) is 8.50. The third-order valence-corrected chi connectivity index (χ3v) is 5.05. The normalized spacial score (nSPS) is 13.9. The highest BCUT2D eigenvalue weighted by molar-refractivity contribution is 7.14. The highest BCUT2D eigenvalue weighted by Gasteiger charge is 2.24. The Morgan fingerprint density at radius 2 is 2.26 bits per heavy atom. The molecular formula is C17H17N7O2S. The molecule has 138 valence electrons. The van der Waals surface area contributed by atoms with Gasteiger partial charge in [0.1, 0.15) is 12.7 Å². The van der Waals surface area contributed by atoms with Crippen LogP contribution in [0.15, 0.2) is 36.4 Å². The Labute approximate surface area is 159 Å². The first-order chi connectivity index (χ1) is 13.2. The predicted molar refractivity (Wildman–Crippen MR) is 98.4 cm³/mol. The highest BCUT2D eigenvalue weighted by Crippen LogP contribution is 2.25. The predicted octanol–water partition coefficient (Wildman–Crippen LogP) is 1.10. The molecule has 3 aromatic rings. The molecule has 0 radical (unpaired) electrons. The molecule has 1 fully saturated rings. The second-order valence-corrected chi connectivity index (χ2v) is 6.93. The minimum absolute atomic E-state index is 0.0993. The van der Waals surface area contributed by atoms with Crippen LogP contribution in [0.1, 0.15) is 24.1 Å². The first kappa shape index (κ1) is 17.3. The van der Waals surface area contributed by atoms with Crippen molar-refractivity contribution in [1.82, 2.24) is 30.0 Å². The van der Waals surface area contributed by atoms with Crippen LogP contribution >= 0.6 is 11.3 Å². The van der Waals surface area contributed by atoms with Crippen LogP contribution in [0.4, 0.5) is 5.13 Å². The van der Waals surface area contributed by atoms with Crippen molar-refractivity contribution in [3.8, 4) is 5.82 Å². The lowest BCUT2D eigenvalue weighted by Crippen LogP contribution is -2.25. The molecular weight excluding hydrogens is 366 g/mol. The molecule has 0 saturated carbocycles. The van der Waals surface area contributed by atoms with Gasteiger partial charge in [-0.2, -0.15) is 5.10 Å². The smallest absolute Gasteiger partial charge is 0.228 e. The van der Waals surface area contributed by atoms with Gasteiger partial charge in [-0.15, -0.1) is 11.3 Å². The van der Waals surface area contributed by atoms with E-state index in [1.54, 1.807) is 22.1 Å². The molecule has 3 aromatic heterocycles. The largest absolute Gasteiger partial charge is 0.352 e. The standard InChI is InChI=1S/C17H17N7O2S/c25-15(6-13-9-27-17(22-13)23-5-1-2-16(23)26)20-8-12-3-4-14(19-7-12)24-11-18-10-21-24/h3-4,7,9-11H,1-2,5-6,8H2,(H,20,25). The lowest BCUT2D eigenvalue weighted by molar-refractivity contribution is -0.120. The number of nitrogens with one attached hydrogen (secondary N) is 1. The fourth-order valence-corrected chi connectivity index (χ4v) is 3.63. The summed E-state index contributed by atoms with van der Waals surface area (Å²) in [6, 6.07) is 3.69. The Hall–Kier alpha value is -3.14. The maximum atomic E-state index is 12.2. The lowest BCUT2D eigenvalue weighted by atomic mass is 10.2. The van der Waals surface area contributed by atoms with E-state index in [2.05, 4.69) is 25.4 Å². The van der Waals surface area contributed by atoms with Crippen LogP contribution in [0.2, 0.25) is 0 Å². The van der Waals surface area contributed by atoms with Gasteiger partial charge < -0.3 is 5.32 Å². The van der Waals surface area contributed by atoms with Crippen molar-refractivity contribution in [2.45, 2.75) is 25.8 Å². The maximum absolute atomic E-state index is 12.2. The van der Waals surface area contributed by atoms with Gasteiger partial charge in [-0.05, 0) is 18.1 Å². The number of rotatable bonds is 6. The van der Waals surface area contributed by atoms with Crippen molar-refractivity contribution in [3.63, 3.8) is 0 Å². The van der Waals surface area contributed by atoms with Gasteiger partial charge >= 0.3 is 0 Å². The van der Waals surface area contributed by atoms with Crippen molar-refractivity contribution in [1.29, 1.82) is 0 Å². The Balaban J connectivity index is 1.30. The Bertz CT molecular complexity index is 937. The molecule has 0 spiro atoms. The minimum atomic E-state index is -0.125. The Morgan fingerprint density at radius 1 is 1.33 bits per heavy atom. The number of anilines is 1. The fraction of sp³-hybridized carbons (Fsp3) is 0.294. The summed E-state index contributed by atoms with van der Waals surface area (Å²) in [6.07, 6.45) is 6.32. The van der Waals surface area contributed by atoms with Gasteiger partial charge in [-0.3, -0.25) is 14.5 Å². The molecule has 0 atom stereocenters. The van der Waals surface area contributed by atoms with E-state index in [4.69, 9.17) is 0 Å². The summed E-state index contributed by atoms with van der Waals surface area (Å²) in [5, 5.41) is 9.38. The number of carbonyl (C=O) groups excluding carboxylic acids is 2. The number of nitrogens with zero attached hydrogens (tertiary/aromatic N) is 6. The monoisotopic (exact) mass is 383 g/mol. The molecule has 27 heavy (non-hydrogen) atoms. The number of carbonyl (C=O) groups is 2. The molecule has 1 N–H and O–H groups in total. The van der Waals surface area contributed by atoms with E-state index in [1.165, 1.54) is 17.7 Å². The zero-order chi connectivity index (χ0) is 18.6. The topological polar surface area (TPSA) is 106 Å². The molecule has 0 unspecified atom stereocenters. The third-order valence-electron chi connectivity index (χ3n) is 4.14. The Kier molecular flexibility index (Phi) is 4.88. The quantitative estimate of drug-likeness (QED) is 0.683. The summed E-state index contributed by atoms with van der Waals surface area (Å²) in [7, 11) is 0. The summed E-state index contributed by atoms with van der Waals surface area (Å²) in [6.45, 7) is 1.08. The van der Waals surface area contributed by atoms with E-state index in [0.717, 1.165) is 12.0 Å².